The molecule has 8 nitrogen and oxygen atoms in total. The molecule has 0 saturated carbocycles. The average molecular weight is 424 g/mol. The Morgan fingerprint density at radius 2 is 1.45 bits per heavy atom. The predicted molar refractivity (Wildman–Crippen MR) is 110 cm³/mol. The van der Waals surface area contributed by atoms with E-state index < -0.39 is 23.5 Å². The van der Waals surface area contributed by atoms with E-state index in [4.69, 9.17) is 18.6 Å². The van der Waals surface area contributed by atoms with Gasteiger partial charge in [0.2, 0.25) is 0 Å². The molecule has 3 rings (SSSR count). The van der Waals surface area contributed by atoms with Gasteiger partial charge in [0.1, 0.15) is 22.5 Å². The molecule has 0 bridgehead atoms. The lowest BCUT2D eigenvalue weighted by Crippen LogP contribution is -2.17. The van der Waals surface area contributed by atoms with Crippen LogP contribution in [0.25, 0.3) is 11.0 Å². The first-order valence-corrected chi connectivity index (χ1v) is 9.60. The topological polar surface area (TPSA) is 109 Å². The third kappa shape index (κ3) is 5.79. The summed E-state index contributed by atoms with van der Waals surface area (Å²) in [5.41, 5.74) is -0.399. The monoisotopic (exact) mass is 424 g/mol. The molecule has 1 aromatic heterocycles. The Morgan fingerprint density at radius 3 is 2.16 bits per heavy atom. The molecule has 0 saturated heterocycles. The van der Waals surface area contributed by atoms with E-state index in [1.165, 1.54) is 25.1 Å². The van der Waals surface area contributed by atoms with Crippen molar-refractivity contribution in [3.05, 3.63) is 76.1 Å². The molecule has 0 atom stereocenters. The highest BCUT2D eigenvalue weighted by Crippen LogP contribution is 2.19. The molecule has 31 heavy (non-hydrogen) atoms. The summed E-state index contributed by atoms with van der Waals surface area (Å²) >= 11 is 0. The average Bonchev–Trinajstić information content (AvgIpc) is 2.75. The number of para-hydroxylation sites is 2. The zero-order valence-corrected chi connectivity index (χ0v) is 16.8. The zero-order chi connectivity index (χ0) is 22.2. The van der Waals surface area contributed by atoms with Crippen LogP contribution in [0.15, 0.2) is 63.8 Å². The van der Waals surface area contributed by atoms with Crippen LogP contribution in [-0.4, -0.2) is 31.1 Å². The smallest absolute Gasteiger partial charge is 0.351 e. The minimum atomic E-state index is -0.771. The first-order valence-electron chi connectivity index (χ1n) is 9.60. The van der Waals surface area contributed by atoms with Crippen molar-refractivity contribution in [1.82, 2.24) is 0 Å². The van der Waals surface area contributed by atoms with Crippen LogP contribution in [0.1, 0.15) is 40.5 Å². The number of carbonyl (C=O) groups is 3. The Kier molecular flexibility index (Phi) is 7.16. The molecule has 0 unspecified atom stereocenters. The fourth-order valence-corrected chi connectivity index (χ4v) is 2.77. The molecule has 1 heterocycles. The van der Waals surface area contributed by atoms with Crippen molar-refractivity contribution in [2.24, 2.45) is 0 Å². The zero-order valence-electron chi connectivity index (χ0n) is 16.8. The van der Waals surface area contributed by atoms with Crippen LogP contribution in [-0.2, 0) is 14.3 Å². The molecule has 0 aliphatic rings. The number of esters is 3. The summed E-state index contributed by atoms with van der Waals surface area (Å²) in [6.07, 6.45) is 0.852. The molecule has 8 heteroatoms. The second kappa shape index (κ2) is 10.2. The largest absolute Gasteiger partial charge is 0.462 e. The van der Waals surface area contributed by atoms with Gasteiger partial charge in [0.15, 0.2) is 0 Å². The van der Waals surface area contributed by atoms with Crippen molar-refractivity contribution >= 4 is 28.9 Å². The van der Waals surface area contributed by atoms with E-state index in [1.807, 2.05) is 0 Å². The van der Waals surface area contributed by atoms with E-state index >= 15 is 0 Å². The molecule has 0 aliphatic carbocycles. The van der Waals surface area contributed by atoms with Crippen molar-refractivity contribution in [3.8, 4) is 5.75 Å². The van der Waals surface area contributed by atoms with Crippen LogP contribution in [0.4, 0.5) is 0 Å². The van der Waals surface area contributed by atoms with Crippen molar-refractivity contribution in [2.75, 3.05) is 13.2 Å². The van der Waals surface area contributed by atoms with E-state index in [9.17, 15) is 19.2 Å². The Hall–Kier alpha value is -3.94. The highest BCUT2D eigenvalue weighted by molar-refractivity contribution is 5.93. The van der Waals surface area contributed by atoms with E-state index in [0.29, 0.717) is 23.8 Å². The van der Waals surface area contributed by atoms with Crippen LogP contribution in [0.5, 0.6) is 5.75 Å². The molecule has 0 spiro atoms. The van der Waals surface area contributed by atoms with Crippen molar-refractivity contribution < 1.29 is 33.0 Å². The number of hydrogen-bond acceptors (Lipinski definition) is 8. The summed E-state index contributed by atoms with van der Waals surface area (Å²) in [5.74, 6) is -1.81. The lowest BCUT2D eigenvalue weighted by atomic mass is 10.2. The third-order valence-electron chi connectivity index (χ3n) is 4.23. The molecule has 0 fully saturated rings. The minimum absolute atomic E-state index is 0.0483. The van der Waals surface area contributed by atoms with E-state index in [1.54, 1.807) is 36.4 Å². The maximum atomic E-state index is 12.2. The first kappa shape index (κ1) is 21.8. The molecule has 2 aromatic carbocycles. The number of ether oxygens (including phenoxy) is 3. The number of unbranched alkanes of at least 4 members (excludes halogenated alkanes) is 1. The Labute approximate surface area is 177 Å². The highest BCUT2D eigenvalue weighted by Gasteiger charge is 2.16. The molecular formula is C23H20O8. The normalized spacial score (nSPS) is 10.5. The summed E-state index contributed by atoms with van der Waals surface area (Å²) in [6, 6.07) is 14.6. The number of rotatable bonds is 8. The van der Waals surface area contributed by atoms with Gasteiger partial charge in [0.05, 0.1) is 13.2 Å². The highest BCUT2D eigenvalue weighted by atomic mass is 16.6. The number of hydrogen-bond donors (Lipinski definition) is 0. The van der Waals surface area contributed by atoms with Gasteiger partial charge in [-0.05, 0) is 37.1 Å². The van der Waals surface area contributed by atoms with Gasteiger partial charge in [0.25, 0.3) is 0 Å². The van der Waals surface area contributed by atoms with Crippen LogP contribution in [0.2, 0.25) is 0 Å². The fraction of sp³-hybridized carbons (Fsp3) is 0.217. The van der Waals surface area contributed by atoms with Gasteiger partial charge in [-0.2, -0.15) is 0 Å². The second-order valence-corrected chi connectivity index (χ2v) is 6.55. The number of carbonyl (C=O) groups excluding carboxylic acids is 3. The van der Waals surface area contributed by atoms with Crippen molar-refractivity contribution in [3.63, 3.8) is 0 Å². The van der Waals surface area contributed by atoms with Crippen LogP contribution >= 0.6 is 0 Å². The standard InChI is InChI=1S/C23H20O8/c1-15(24)30-20-11-5-3-9-17(20)21(25)28-12-6-7-13-29-22(26)18-14-16-8-2-4-10-19(16)31-23(18)27/h2-5,8-11,14H,6-7,12-13H2,1H3. The summed E-state index contributed by atoms with van der Waals surface area (Å²) in [7, 11) is 0. The van der Waals surface area contributed by atoms with Crippen molar-refractivity contribution in [2.45, 2.75) is 19.8 Å². The summed E-state index contributed by atoms with van der Waals surface area (Å²) in [4.78, 5) is 47.4. The van der Waals surface area contributed by atoms with Gasteiger partial charge in [-0.1, -0.05) is 30.3 Å². The van der Waals surface area contributed by atoms with Gasteiger partial charge in [-0.15, -0.1) is 0 Å². The Balaban J connectivity index is 1.44. The molecule has 160 valence electrons. The fourth-order valence-electron chi connectivity index (χ4n) is 2.77. The lowest BCUT2D eigenvalue weighted by Gasteiger charge is -2.09. The second-order valence-electron chi connectivity index (χ2n) is 6.55. The Morgan fingerprint density at radius 1 is 0.839 bits per heavy atom. The summed E-state index contributed by atoms with van der Waals surface area (Å²) in [5, 5.41) is 0.620. The van der Waals surface area contributed by atoms with Gasteiger partial charge in [0, 0.05) is 12.3 Å². The predicted octanol–water partition coefficient (Wildman–Crippen LogP) is 3.51. The first-order chi connectivity index (χ1) is 15.0. The van der Waals surface area contributed by atoms with E-state index in [0.717, 1.165) is 0 Å². The molecule has 0 aliphatic heterocycles. The summed E-state index contributed by atoms with van der Waals surface area (Å²) in [6.45, 7) is 1.38. The van der Waals surface area contributed by atoms with Gasteiger partial charge >= 0.3 is 23.5 Å². The molecule has 0 radical (unpaired) electrons. The van der Waals surface area contributed by atoms with Gasteiger partial charge in [-0.3, -0.25) is 4.79 Å². The van der Waals surface area contributed by atoms with Crippen LogP contribution in [0.3, 0.4) is 0 Å². The molecule has 0 amide bonds. The van der Waals surface area contributed by atoms with Crippen molar-refractivity contribution in [1.29, 1.82) is 0 Å². The van der Waals surface area contributed by atoms with E-state index in [2.05, 4.69) is 0 Å². The quantitative estimate of drug-likeness (QED) is 0.234. The minimum Gasteiger partial charge on any atom is -0.462 e. The van der Waals surface area contributed by atoms with Gasteiger partial charge in [-0.25, -0.2) is 14.4 Å². The van der Waals surface area contributed by atoms with Crippen LogP contribution < -0.4 is 10.4 Å². The lowest BCUT2D eigenvalue weighted by molar-refractivity contribution is -0.131. The third-order valence-corrected chi connectivity index (χ3v) is 4.23. The maximum Gasteiger partial charge on any atom is 0.351 e. The molecule has 3 aromatic rings. The molecule has 0 N–H and O–H groups in total. The van der Waals surface area contributed by atoms with Crippen LogP contribution in [0, 0.1) is 0 Å². The van der Waals surface area contributed by atoms with Gasteiger partial charge < -0.3 is 18.6 Å². The van der Waals surface area contributed by atoms with E-state index in [-0.39, 0.29) is 30.1 Å². The summed E-state index contributed by atoms with van der Waals surface area (Å²) < 4.78 is 20.4. The number of benzene rings is 2. The maximum absolute atomic E-state index is 12.2. The Bertz CT molecular complexity index is 1160. The number of fused-ring (bicyclic) bond motifs is 1. The molecular weight excluding hydrogens is 404 g/mol. The SMILES string of the molecule is CC(=O)Oc1ccccc1C(=O)OCCCCOC(=O)c1cc2ccccc2oc1=O.